The van der Waals surface area contributed by atoms with Crippen LogP contribution in [0, 0.1) is 0 Å². The highest BCUT2D eigenvalue weighted by atomic mass is 16.5. The van der Waals surface area contributed by atoms with E-state index in [2.05, 4.69) is 31.2 Å². The van der Waals surface area contributed by atoms with Crippen LogP contribution in [0.1, 0.15) is 43.7 Å². The third kappa shape index (κ3) is 1.98. The molecule has 3 rings (SSSR count). The molecule has 18 heavy (non-hydrogen) atoms. The van der Waals surface area contributed by atoms with E-state index in [0.29, 0.717) is 0 Å². The maximum absolute atomic E-state index is 6.12. The molecule has 1 unspecified atom stereocenters. The van der Waals surface area contributed by atoms with Crippen molar-refractivity contribution in [2.75, 3.05) is 7.11 Å². The van der Waals surface area contributed by atoms with Gasteiger partial charge in [0.05, 0.1) is 5.60 Å². The van der Waals surface area contributed by atoms with Gasteiger partial charge < -0.3 is 10.5 Å². The number of nitrogens with two attached hydrogens (primary N) is 1. The molecule has 0 spiro atoms. The molecule has 0 saturated heterocycles. The van der Waals surface area contributed by atoms with Crippen LogP contribution in [0.5, 0.6) is 0 Å². The molecule has 0 aliphatic heterocycles. The molecule has 0 heterocycles. The summed E-state index contributed by atoms with van der Waals surface area (Å²) in [4.78, 5) is 0. The molecule has 1 aromatic rings. The molecular weight excluding hydrogens is 222 g/mol. The number of rotatable bonds is 5. The van der Waals surface area contributed by atoms with E-state index in [1.54, 1.807) is 0 Å². The molecule has 1 aromatic carbocycles. The molecule has 0 aromatic heterocycles. The fourth-order valence-electron chi connectivity index (χ4n) is 3.06. The highest BCUT2D eigenvalue weighted by molar-refractivity contribution is 5.36. The van der Waals surface area contributed by atoms with Crippen LogP contribution in [0.2, 0.25) is 0 Å². The number of methoxy groups -OCH3 is 1. The second-order valence-corrected chi connectivity index (χ2v) is 6.21. The molecule has 0 radical (unpaired) electrons. The summed E-state index contributed by atoms with van der Waals surface area (Å²) in [6.07, 6.45) is 5.94. The van der Waals surface area contributed by atoms with Gasteiger partial charge >= 0.3 is 0 Å². The molecule has 2 fully saturated rings. The topological polar surface area (TPSA) is 35.2 Å². The van der Waals surface area contributed by atoms with E-state index in [-0.39, 0.29) is 17.1 Å². The zero-order valence-electron chi connectivity index (χ0n) is 11.4. The standard InChI is InChI=1S/C16H23NO/c1-12(17)16(9-10-16)14-5-3-13(4-6-14)11-15(18-2)7-8-15/h3-6,12H,7-11,17H2,1-2H3. The molecule has 0 bridgehead atoms. The molecule has 2 N–H and O–H groups in total. The third-order valence-corrected chi connectivity index (χ3v) is 4.96. The second kappa shape index (κ2) is 4.07. The summed E-state index contributed by atoms with van der Waals surface area (Å²) >= 11 is 0. The average molecular weight is 245 g/mol. The fraction of sp³-hybridized carbons (Fsp3) is 0.625. The smallest absolute Gasteiger partial charge is 0.0721 e. The van der Waals surface area contributed by atoms with Gasteiger partial charge in [0, 0.05) is 25.0 Å². The van der Waals surface area contributed by atoms with Crippen LogP contribution < -0.4 is 5.73 Å². The lowest BCUT2D eigenvalue weighted by Gasteiger charge is -2.21. The lowest BCUT2D eigenvalue weighted by Crippen LogP contribution is -2.31. The van der Waals surface area contributed by atoms with Crippen LogP contribution in [-0.2, 0) is 16.6 Å². The fourth-order valence-corrected chi connectivity index (χ4v) is 3.06. The van der Waals surface area contributed by atoms with E-state index in [9.17, 15) is 0 Å². The number of hydrogen-bond donors (Lipinski definition) is 1. The predicted octanol–water partition coefficient (Wildman–Crippen LogP) is 2.79. The lowest BCUT2D eigenvalue weighted by atomic mass is 9.88. The van der Waals surface area contributed by atoms with Crippen molar-refractivity contribution in [2.24, 2.45) is 5.73 Å². The Labute approximate surface area is 110 Å². The molecule has 2 saturated carbocycles. The Morgan fingerprint density at radius 3 is 2.17 bits per heavy atom. The molecule has 1 atom stereocenters. The van der Waals surface area contributed by atoms with Gasteiger partial charge in [0.1, 0.15) is 0 Å². The van der Waals surface area contributed by atoms with Crippen molar-refractivity contribution >= 4 is 0 Å². The van der Waals surface area contributed by atoms with Crippen molar-refractivity contribution in [1.82, 2.24) is 0 Å². The van der Waals surface area contributed by atoms with Crippen molar-refractivity contribution in [2.45, 2.75) is 56.1 Å². The van der Waals surface area contributed by atoms with Gasteiger partial charge in [-0.05, 0) is 43.7 Å². The van der Waals surface area contributed by atoms with Gasteiger partial charge in [0.2, 0.25) is 0 Å². The summed E-state index contributed by atoms with van der Waals surface area (Å²) in [6.45, 7) is 2.13. The Kier molecular flexibility index (Phi) is 2.76. The first-order valence-electron chi connectivity index (χ1n) is 7.00. The Balaban J connectivity index is 1.74. The number of benzene rings is 1. The summed E-state index contributed by atoms with van der Waals surface area (Å²) < 4.78 is 5.58. The van der Waals surface area contributed by atoms with E-state index in [0.717, 1.165) is 6.42 Å². The monoisotopic (exact) mass is 245 g/mol. The molecule has 98 valence electrons. The zero-order chi connectivity index (χ0) is 12.8. The quantitative estimate of drug-likeness (QED) is 0.865. The summed E-state index contributed by atoms with van der Waals surface area (Å²) in [5.41, 5.74) is 9.35. The van der Waals surface area contributed by atoms with Crippen LogP contribution in [0.25, 0.3) is 0 Å². The molecular formula is C16H23NO. The minimum Gasteiger partial charge on any atom is -0.378 e. The molecule has 2 heteroatoms. The second-order valence-electron chi connectivity index (χ2n) is 6.21. The summed E-state index contributed by atoms with van der Waals surface area (Å²) in [6, 6.07) is 9.33. The van der Waals surface area contributed by atoms with E-state index in [1.807, 2.05) is 7.11 Å². The number of ether oxygens (including phenoxy) is 1. The molecule has 0 amide bonds. The van der Waals surface area contributed by atoms with Crippen LogP contribution in [-0.4, -0.2) is 18.8 Å². The van der Waals surface area contributed by atoms with Crippen LogP contribution in [0.3, 0.4) is 0 Å². The van der Waals surface area contributed by atoms with Crippen molar-refractivity contribution < 1.29 is 4.74 Å². The van der Waals surface area contributed by atoms with E-state index < -0.39 is 0 Å². The minimum absolute atomic E-state index is 0.153. The summed E-state index contributed by atoms with van der Waals surface area (Å²) in [5.74, 6) is 0. The lowest BCUT2D eigenvalue weighted by molar-refractivity contribution is 0.0807. The van der Waals surface area contributed by atoms with E-state index in [4.69, 9.17) is 10.5 Å². The summed E-state index contributed by atoms with van der Waals surface area (Å²) in [7, 11) is 1.83. The van der Waals surface area contributed by atoms with Gasteiger partial charge in [-0.25, -0.2) is 0 Å². The highest BCUT2D eigenvalue weighted by Gasteiger charge is 2.47. The minimum atomic E-state index is 0.153. The van der Waals surface area contributed by atoms with Crippen molar-refractivity contribution in [3.63, 3.8) is 0 Å². The Morgan fingerprint density at radius 1 is 1.17 bits per heavy atom. The maximum atomic E-state index is 6.12. The zero-order valence-corrected chi connectivity index (χ0v) is 11.4. The molecule has 2 aliphatic carbocycles. The van der Waals surface area contributed by atoms with E-state index in [1.165, 1.54) is 36.8 Å². The van der Waals surface area contributed by atoms with Gasteiger partial charge in [0.15, 0.2) is 0 Å². The van der Waals surface area contributed by atoms with Gasteiger partial charge in [-0.3, -0.25) is 0 Å². The third-order valence-electron chi connectivity index (χ3n) is 4.96. The van der Waals surface area contributed by atoms with Crippen molar-refractivity contribution in [1.29, 1.82) is 0 Å². The predicted molar refractivity (Wildman–Crippen MR) is 73.7 cm³/mol. The van der Waals surface area contributed by atoms with Crippen molar-refractivity contribution in [3.8, 4) is 0 Å². The normalized spacial score (nSPS) is 24.6. The largest absolute Gasteiger partial charge is 0.378 e. The van der Waals surface area contributed by atoms with Crippen molar-refractivity contribution in [3.05, 3.63) is 35.4 Å². The first-order chi connectivity index (χ1) is 8.60. The SMILES string of the molecule is COC1(Cc2ccc(C3(C(C)N)CC3)cc2)CC1. The maximum Gasteiger partial charge on any atom is 0.0721 e. The summed E-state index contributed by atoms with van der Waals surface area (Å²) in [5, 5.41) is 0. The molecule has 2 aliphatic rings. The Bertz CT molecular complexity index is 427. The molecule has 2 nitrogen and oxygen atoms in total. The number of hydrogen-bond acceptors (Lipinski definition) is 2. The first-order valence-corrected chi connectivity index (χ1v) is 7.00. The van der Waals surface area contributed by atoms with Gasteiger partial charge in [-0.1, -0.05) is 24.3 Å². The Morgan fingerprint density at radius 2 is 1.78 bits per heavy atom. The van der Waals surface area contributed by atoms with Crippen LogP contribution in [0.4, 0.5) is 0 Å². The first kappa shape index (κ1) is 12.2. The van der Waals surface area contributed by atoms with Crippen LogP contribution >= 0.6 is 0 Å². The van der Waals surface area contributed by atoms with Gasteiger partial charge in [0.25, 0.3) is 0 Å². The van der Waals surface area contributed by atoms with E-state index >= 15 is 0 Å². The highest BCUT2D eigenvalue weighted by Crippen LogP contribution is 2.50. The van der Waals surface area contributed by atoms with Gasteiger partial charge in [-0.2, -0.15) is 0 Å². The average Bonchev–Trinajstić information content (AvgIpc) is 3.25. The Hall–Kier alpha value is -0.860. The van der Waals surface area contributed by atoms with Gasteiger partial charge in [-0.15, -0.1) is 0 Å². The van der Waals surface area contributed by atoms with Crippen LogP contribution in [0.15, 0.2) is 24.3 Å².